The van der Waals surface area contributed by atoms with Gasteiger partial charge in [-0.05, 0) is 0 Å². The van der Waals surface area contributed by atoms with Crippen LogP contribution in [0.15, 0.2) is 0 Å². The molecule has 1 rings (SSSR count). The fourth-order valence-corrected chi connectivity index (χ4v) is 1.57. The number of aliphatic hydroxyl groups is 2. The van der Waals surface area contributed by atoms with Gasteiger partial charge in [0.05, 0.1) is 0 Å². The van der Waals surface area contributed by atoms with Crippen LogP contribution in [-0.4, -0.2) is 80.1 Å². The third-order valence-corrected chi connectivity index (χ3v) is 2.44. The Kier molecular flexibility index (Phi) is 8.32. The summed E-state index contributed by atoms with van der Waals surface area (Å²) in [6.45, 7) is -0.211. The molecule has 3 N–H and O–H groups in total. The van der Waals surface area contributed by atoms with Gasteiger partial charge in [-0.3, -0.25) is 9.80 Å². The number of hydrogen-bond acceptors (Lipinski definition) is 11. The first-order valence-corrected chi connectivity index (χ1v) is 6.38. The molecule has 0 bridgehead atoms. The van der Waals surface area contributed by atoms with Crippen LogP contribution in [0.2, 0.25) is 0 Å². The van der Waals surface area contributed by atoms with Gasteiger partial charge in [0.2, 0.25) is 17.8 Å². The van der Waals surface area contributed by atoms with Crippen LogP contribution in [0, 0.1) is 0 Å². The molecule has 1 heterocycles. The highest BCUT2D eigenvalue weighted by Gasteiger charge is 2.17. The van der Waals surface area contributed by atoms with E-state index in [-0.39, 0.29) is 51.5 Å². The van der Waals surface area contributed by atoms with Crippen molar-refractivity contribution in [2.24, 2.45) is 0 Å². The minimum atomic E-state index is -0.346. The average Bonchev–Trinajstić information content (AvgIpc) is 2.52. The number of rotatable bonds is 11. The quantitative estimate of drug-likeness (QED) is 0.417. The van der Waals surface area contributed by atoms with E-state index in [9.17, 15) is 5.11 Å². The molecule has 0 aliphatic carbocycles. The topological polar surface area (TPSA) is 125 Å². The molecule has 0 aliphatic heterocycles. The number of nitrogens with one attached hydrogen (secondary N) is 1. The second kappa shape index (κ2) is 10.0. The van der Waals surface area contributed by atoms with Crippen LogP contribution >= 0.6 is 0 Å². The Balaban J connectivity index is 3.15. The lowest BCUT2D eigenvalue weighted by Crippen LogP contribution is -2.33. The van der Waals surface area contributed by atoms with E-state index in [1.807, 2.05) is 0 Å². The molecule has 0 saturated heterocycles. The number of hydrogen-bond donors (Lipinski definition) is 3. The molecule has 22 heavy (non-hydrogen) atoms. The van der Waals surface area contributed by atoms with E-state index in [0.717, 1.165) is 0 Å². The van der Waals surface area contributed by atoms with Crippen LogP contribution in [0.3, 0.4) is 0 Å². The second-order valence-electron chi connectivity index (χ2n) is 4.07. The Morgan fingerprint density at radius 3 is 1.82 bits per heavy atom. The Morgan fingerprint density at radius 1 is 0.864 bits per heavy atom. The highest BCUT2D eigenvalue weighted by molar-refractivity contribution is 5.44. The molecule has 11 nitrogen and oxygen atoms in total. The Morgan fingerprint density at radius 2 is 1.36 bits per heavy atom. The minimum absolute atomic E-state index is 0.0904. The minimum Gasteiger partial charge on any atom is -0.376 e. The monoisotopic (exact) mass is 318 g/mol. The zero-order valence-corrected chi connectivity index (χ0v) is 12.9. The summed E-state index contributed by atoms with van der Waals surface area (Å²) < 4.78 is 15.1. The van der Waals surface area contributed by atoms with Crippen molar-refractivity contribution in [3.05, 3.63) is 0 Å². The van der Waals surface area contributed by atoms with E-state index in [2.05, 4.69) is 20.3 Å². The molecule has 0 atom stereocenters. The van der Waals surface area contributed by atoms with Crippen LogP contribution < -0.4 is 15.1 Å². The number of aromatic nitrogens is 3. The SMILES string of the molecule is COCN(CO)c1nc(NCO)nc(N(COC)COC)n1. The third-order valence-electron chi connectivity index (χ3n) is 2.44. The summed E-state index contributed by atoms with van der Waals surface area (Å²) in [6.07, 6.45) is 0. The number of methoxy groups -OCH3 is 3. The predicted octanol–water partition coefficient (Wildman–Crippen LogP) is -1.39. The highest BCUT2D eigenvalue weighted by atomic mass is 16.5. The van der Waals surface area contributed by atoms with Crippen molar-refractivity contribution in [1.82, 2.24) is 15.0 Å². The maximum atomic E-state index is 9.38. The standard InChI is InChI=1S/C11H22N6O5/c1-20-6-16(5-19)10-13-9(12-4-18)14-11(15-10)17(7-21-2)8-22-3/h18-19H,4-8H2,1-3H3,(H,12,13,14,15). The maximum absolute atomic E-state index is 9.38. The van der Waals surface area contributed by atoms with Crippen molar-refractivity contribution in [2.75, 3.05) is 70.1 Å². The molecule has 0 saturated carbocycles. The van der Waals surface area contributed by atoms with Gasteiger partial charge in [-0.15, -0.1) is 0 Å². The summed E-state index contributed by atoms with van der Waals surface area (Å²) in [5.41, 5.74) is 0. The first-order chi connectivity index (χ1) is 10.7. The van der Waals surface area contributed by atoms with E-state index in [1.54, 1.807) is 4.90 Å². The van der Waals surface area contributed by atoms with Crippen molar-refractivity contribution in [3.8, 4) is 0 Å². The Hall–Kier alpha value is -1.79. The van der Waals surface area contributed by atoms with Crippen molar-refractivity contribution < 1.29 is 24.4 Å². The Labute approximate surface area is 128 Å². The molecule has 0 aliphatic rings. The molecule has 0 unspecified atom stereocenters. The van der Waals surface area contributed by atoms with Crippen molar-refractivity contribution in [3.63, 3.8) is 0 Å². The number of ether oxygens (including phenoxy) is 3. The molecule has 1 aromatic heterocycles. The van der Waals surface area contributed by atoms with Crippen molar-refractivity contribution in [1.29, 1.82) is 0 Å². The fourth-order valence-electron chi connectivity index (χ4n) is 1.57. The zero-order valence-electron chi connectivity index (χ0n) is 12.9. The average molecular weight is 318 g/mol. The lowest BCUT2D eigenvalue weighted by Gasteiger charge is -2.24. The first kappa shape index (κ1) is 18.3. The largest absolute Gasteiger partial charge is 0.376 e. The molecule has 1 aromatic rings. The molecule has 126 valence electrons. The van der Waals surface area contributed by atoms with Gasteiger partial charge in [0.15, 0.2) is 0 Å². The number of anilines is 3. The van der Waals surface area contributed by atoms with Gasteiger partial charge in [0, 0.05) is 21.3 Å². The van der Waals surface area contributed by atoms with E-state index in [4.69, 9.17) is 19.3 Å². The fraction of sp³-hybridized carbons (Fsp3) is 0.727. The van der Waals surface area contributed by atoms with E-state index in [0.29, 0.717) is 0 Å². The zero-order chi connectivity index (χ0) is 16.4. The number of nitrogens with zero attached hydrogens (tertiary/aromatic N) is 5. The van der Waals surface area contributed by atoms with Gasteiger partial charge in [-0.2, -0.15) is 15.0 Å². The van der Waals surface area contributed by atoms with Crippen LogP contribution in [0.4, 0.5) is 17.8 Å². The summed E-state index contributed by atoms with van der Waals surface area (Å²) in [6, 6.07) is 0. The van der Waals surface area contributed by atoms with E-state index in [1.165, 1.54) is 26.2 Å². The van der Waals surface area contributed by atoms with Gasteiger partial charge >= 0.3 is 0 Å². The summed E-state index contributed by atoms with van der Waals surface area (Å²) >= 11 is 0. The first-order valence-electron chi connectivity index (χ1n) is 6.38. The molecular formula is C11H22N6O5. The van der Waals surface area contributed by atoms with E-state index >= 15 is 0 Å². The van der Waals surface area contributed by atoms with Crippen LogP contribution in [-0.2, 0) is 14.2 Å². The third kappa shape index (κ3) is 5.20. The molecule has 0 aromatic carbocycles. The Bertz CT molecular complexity index is 431. The summed E-state index contributed by atoms with van der Waals surface area (Å²) in [7, 11) is 4.55. The van der Waals surface area contributed by atoms with Gasteiger partial charge in [-0.1, -0.05) is 0 Å². The predicted molar refractivity (Wildman–Crippen MR) is 78.2 cm³/mol. The smallest absolute Gasteiger partial charge is 0.235 e. The second-order valence-corrected chi connectivity index (χ2v) is 4.07. The van der Waals surface area contributed by atoms with E-state index < -0.39 is 0 Å². The number of aliphatic hydroxyl groups excluding tert-OH is 2. The molecule has 0 fully saturated rings. The molecule has 0 spiro atoms. The summed E-state index contributed by atoms with van der Waals surface area (Å²) in [5.74, 6) is 0.593. The maximum Gasteiger partial charge on any atom is 0.235 e. The van der Waals surface area contributed by atoms with Crippen LogP contribution in [0.1, 0.15) is 0 Å². The molecule has 0 radical (unpaired) electrons. The van der Waals surface area contributed by atoms with Crippen molar-refractivity contribution >= 4 is 17.8 Å². The van der Waals surface area contributed by atoms with Gasteiger partial charge < -0.3 is 29.7 Å². The molecular weight excluding hydrogens is 296 g/mol. The summed E-state index contributed by atoms with van der Waals surface area (Å²) in [4.78, 5) is 15.5. The van der Waals surface area contributed by atoms with Crippen molar-refractivity contribution in [2.45, 2.75) is 0 Å². The van der Waals surface area contributed by atoms with Gasteiger partial charge in [-0.25, -0.2) is 0 Å². The lowest BCUT2D eigenvalue weighted by atomic mass is 10.7. The lowest BCUT2D eigenvalue weighted by molar-refractivity contribution is 0.138. The summed E-state index contributed by atoms with van der Waals surface area (Å²) in [5, 5.41) is 20.9. The molecule has 11 heteroatoms. The molecule has 0 amide bonds. The van der Waals surface area contributed by atoms with Crippen LogP contribution in [0.25, 0.3) is 0 Å². The normalized spacial score (nSPS) is 10.6. The highest BCUT2D eigenvalue weighted by Crippen LogP contribution is 2.16. The van der Waals surface area contributed by atoms with Gasteiger partial charge in [0.1, 0.15) is 33.7 Å². The van der Waals surface area contributed by atoms with Gasteiger partial charge in [0.25, 0.3) is 0 Å². The van der Waals surface area contributed by atoms with Crippen LogP contribution in [0.5, 0.6) is 0 Å².